The van der Waals surface area contributed by atoms with E-state index in [4.69, 9.17) is 4.98 Å². The van der Waals surface area contributed by atoms with Crippen molar-refractivity contribution in [3.05, 3.63) is 50.5 Å². The van der Waals surface area contributed by atoms with Gasteiger partial charge in [0.2, 0.25) is 0 Å². The molecule has 0 aliphatic carbocycles. The molecule has 0 radical (unpaired) electrons. The number of hydrogen-bond acceptors (Lipinski definition) is 3. The van der Waals surface area contributed by atoms with Crippen LogP contribution in [0.2, 0.25) is 0 Å². The van der Waals surface area contributed by atoms with Crippen molar-refractivity contribution in [2.24, 2.45) is 0 Å². The first-order valence-electron chi connectivity index (χ1n) is 6.46. The van der Waals surface area contributed by atoms with Gasteiger partial charge in [0.05, 0.1) is 10.7 Å². The molecule has 1 aliphatic heterocycles. The largest absolute Gasteiger partial charge is 0.311 e. The van der Waals surface area contributed by atoms with Crippen molar-refractivity contribution in [3.8, 4) is 0 Å². The third-order valence-corrected chi connectivity index (χ3v) is 4.67. The summed E-state index contributed by atoms with van der Waals surface area (Å²) >= 11 is 1.87. The smallest absolute Gasteiger partial charge is 0.0975 e. The van der Waals surface area contributed by atoms with Gasteiger partial charge < -0.3 is 5.32 Å². The van der Waals surface area contributed by atoms with Gasteiger partial charge in [-0.25, -0.2) is 4.98 Å². The minimum atomic E-state index is 0.971. The molecule has 0 bridgehead atoms. The Kier molecular flexibility index (Phi) is 3.18. The summed E-state index contributed by atoms with van der Waals surface area (Å²) < 4.78 is 0. The topological polar surface area (TPSA) is 24.9 Å². The van der Waals surface area contributed by atoms with E-state index in [1.807, 2.05) is 11.3 Å². The van der Waals surface area contributed by atoms with Crippen LogP contribution in [0.3, 0.4) is 0 Å². The number of aromatic nitrogens is 1. The summed E-state index contributed by atoms with van der Waals surface area (Å²) in [5, 5.41) is 4.66. The van der Waals surface area contributed by atoms with E-state index in [0.29, 0.717) is 0 Å². The Morgan fingerprint density at radius 1 is 1.28 bits per heavy atom. The van der Waals surface area contributed by atoms with Crippen LogP contribution in [0.25, 0.3) is 0 Å². The second-order valence-electron chi connectivity index (χ2n) is 5.00. The van der Waals surface area contributed by atoms with Crippen molar-refractivity contribution in [2.45, 2.75) is 33.2 Å². The normalized spacial score (nSPS) is 14.6. The Hall–Kier alpha value is -1.19. The van der Waals surface area contributed by atoms with Crippen molar-refractivity contribution in [1.82, 2.24) is 10.3 Å². The maximum absolute atomic E-state index is 4.78. The fraction of sp³-hybridized carbons (Fsp3) is 0.400. The highest BCUT2D eigenvalue weighted by atomic mass is 32.1. The Morgan fingerprint density at radius 3 is 2.94 bits per heavy atom. The fourth-order valence-electron chi connectivity index (χ4n) is 2.34. The molecular weight excluding hydrogens is 240 g/mol. The van der Waals surface area contributed by atoms with Crippen LogP contribution in [-0.2, 0) is 19.4 Å². The number of aryl methyl sites for hydroxylation is 2. The number of nitrogens with zero attached hydrogens (tertiary/aromatic N) is 1. The average molecular weight is 258 g/mol. The molecule has 1 aliphatic rings. The molecule has 18 heavy (non-hydrogen) atoms. The van der Waals surface area contributed by atoms with Gasteiger partial charge in [-0.15, -0.1) is 11.3 Å². The van der Waals surface area contributed by atoms with Crippen LogP contribution in [0, 0.1) is 13.8 Å². The van der Waals surface area contributed by atoms with Crippen molar-refractivity contribution >= 4 is 11.3 Å². The van der Waals surface area contributed by atoms with Gasteiger partial charge in [0, 0.05) is 30.8 Å². The van der Waals surface area contributed by atoms with Gasteiger partial charge in [-0.1, -0.05) is 18.2 Å². The van der Waals surface area contributed by atoms with Crippen molar-refractivity contribution in [1.29, 1.82) is 0 Å². The number of thiazole rings is 1. The molecule has 0 unspecified atom stereocenters. The molecule has 3 rings (SSSR count). The van der Waals surface area contributed by atoms with E-state index >= 15 is 0 Å². The molecule has 2 heterocycles. The SMILES string of the molecule is Cc1ccc(Cc2nc3c(s2)CNCC3)cc1C. The van der Waals surface area contributed by atoms with Crippen molar-refractivity contribution in [3.63, 3.8) is 0 Å². The van der Waals surface area contributed by atoms with Crippen LogP contribution in [0.1, 0.15) is 32.3 Å². The summed E-state index contributed by atoms with van der Waals surface area (Å²) in [6.45, 7) is 6.41. The predicted molar refractivity (Wildman–Crippen MR) is 76.2 cm³/mol. The van der Waals surface area contributed by atoms with E-state index in [2.05, 4.69) is 37.4 Å². The average Bonchev–Trinajstić information content (AvgIpc) is 2.76. The molecule has 2 nitrogen and oxygen atoms in total. The Balaban J connectivity index is 1.83. The molecular formula is C15H18N2S. The minimum absolute atomic E-state index is 0.971. The lowest BCUT2D eigenvalue weighted by Gasteiger charge is -2.09. The molecule has 1 aromatic heterocycles. The first kappa shape index (κ1) is 11.9. The van der Waals surface area contributed by atoms with Gasteiger partial charge in [-0.3, -0.25) is 0 Å². The molecule has 0 saturated carbocycles. The molecule has 0 spiro atoms. The minimum Gasteiger partial charge on any atom is -0.311 e. The quantitative estimate of drug-likeness (QED) is 0.895. The van der Waals surface area contributed by atoms with Gasteiger partial charge in [-0.05, 0) is 30.5 Å². The van der Waals surface area contributed by atoms with Gasteiger partial charge in [0.25, 0.3) is 0 Å². The highest BCUT2D eigenvalue weighted by molar-refractivity contribution is 7.11. The summed E-state index contributed by atoms with van der Waals surface area (Å²) in [4.78, 5) is 6.21. The third kappa shape index (κ3) is 2.33. The van der Waals surface area contributed by atoms with E-state index in [0.717, 1.165) is 25.9 Å². The number of fused-ring (bicyclic) bond motifs is 1. The van der Waals surface area contributed by atoms with Gasteiger partial charge in [0.15, 0.2) is 0 Å². The Bertz CT molecular complexity index is 548. The van der Waals surface area contributed by atoms with E-state index in [-0.39, 0.29) is 0 Å². The maximum Gasteiger partial charge on any atom is 0.0975 e. The number of hydrogen-bond donors (Lipinski definition) is 1. The van der Waals surface area contributed by atoms with Crippen LogP contribution in [0.5, 0.6) is 0 Å². The predicted octanol–water partition coefficient (Wildman–Crippen LogP) is 3.00. The second-order valence-corrected chi connectivity index (χ2v) is 6.17. The molecule has 1 aromatic carbocycles. The highest BCUT2D eigenvalue weighted by Gasteiger charge is 2.14. The van der Waals surface area contributed by atoms with Crippen LogP contribution in [0.4, 0.5) is 0 Å². The number of benzene rings is 1. The van der Waals surface area contributed by atoms with Crippen LogP contribution < -0.4 is 5.32 Å². The van der Waals surface area contributed by atoms with E-state index in [9.17, 15) is 0 Å². The third-order valence-electron chi connectivity index (χ3n) is 3.57. The lowest BCUT2D eigenvalue weighted by molar-refractivity contribution is 0.643. The number of nitrogens with one attached hydrogen (secondary N) is 1. The molecule has 0 atom stereocenters. The maximum atomic E-state index is 4.78. The highest BCUT2D eigenvalue weighted by Crippen LogP contribution is 2.24. The molecule has 2 aromatic rings. The molecule has 0 amide bonds. The standard InChI is InChI=1S/C15H18N2S/c1-10-3-4-12(7-11(10)2)8-15-17-13-5-6-16-9-14(13)18-15/h3-4,7,16H,5-6,8-9H2,1-2H3. The second kappa shape index (κ2) is 4.82. The zero-order valence-electron chi connectivity index (χ0n) is 10.9. The number of rotatable bonds is 2. The van der Waals surface area contributed by atoms with E-state index < -0.39 is 0 Å². The van der Waals surface area contributed by atoms with Crippen molar-refractivity contribution in [2.75, 3.05) is 6.54 Å². The van der Waals surface area contributed by atoms with Gasteiger partial charge in [-0.2, -0.15) is 0 Å². The fourth-order valence-corrected chi connectivity index (χ4v) is 3.46. The van der Waals surface area contributed by atoms with Crippen LogP contribution in [0.15, 0.2) is 18.2 Å². The van der Waals surface area contributed by atoms with Crippen LogP contribution in [-0.4, -0.2) is 11.5 Å². The zero-order chi connectivity index (χ0) is 12.5. The molecule has 3 heteroatoms. The van der Waals surface area contributed by atoms with Crippen molar-refractivity contribution < 1.29 is 0 Å². The molecule has 0 fully saturated rings. The van der Waals surface area contributed by atoms with Crippen LogP contribution >= 0.6 is 11.3 Å². The van der Waals surface area contributed by atoms with Gasteiger partial charge in [0.1, 0.15) is 0 Å². The molecule has 0 saturated heterocycles. The zero-order valence-corrected chi connectivity index (χ0v) is 11.7. The first-order chi connectivity index (χ1) is 8.72. The first-order valence-corrected chi connectivity index (χ1v) is 7.28. The summed E-state index contributed by atoms with van der Waals surface area (Å²) in [6.07, 6.45) is 2.05. The lowest BCUT2D eigenvalue weighted by atomic mass is 10.0. The monoisotopic (exact) mass is 258 g/mol. The Morgan fingerprint density at radius 2 is 2.17 bits per heavy atom. The summed E-state index contributed by atoms with van der Waals surface area (Å²) in [7, 11) is 0. The van der Waals surface area contributed by atoms with E-state index in [1.54, 1.807) is 0 Å². The summed E-state index contributed by atoms with van der Waals surface area (Å²) in [6, 6.07) is 6.72. The molecule has 94 valence electrons. The molecule has 1 N–H and O–H groups in total. The van der Waals surface area contributed by atoms with Gasteiger partial charge >= 0.3 is 0 Å². The van der Waals surface area contributed by atoms with E-state index in [1.165, 1.54) is 32.3 Å². The Labute approximate surface area is 112 Å². The summed E-state index contributed by atoms with van der Waals surface area (Å²) in [5.41, 5.74) is 5.42. The lowest BCUT2D eigenvalue weighted by Crippen LogP contribution is -2.22. The summed E-state index contributed by atoms with van der Waals surface area (Å²) in [5.74, 6) is 0.